The van der Waals surface area contributed by atoms with Crippen molar-refractivity contribution in [3.05, 3.63) is 60.2 Å². The van der Waals surface area contributed by atoms with E-state index in [4.69, 9.17) is 0 Å². The van der Waals surface area contributed by atoms with Gasteiger partial charge in [-0.15, -0.1) is 0 Å². The smallest absolute Gasteiger partial charge is 0.220 e. The van der Waals surface area contributed by atoms with Gasteiger partial charge >= 0.3 is 0 Å². The van der Waals surface area contributed by atoms with Crippen molar-refractivity contribution in [1.29, 1.82) is 0 Å². The molecule has 2 nitrogen and oxygen atoms in total. The molecular weight excluding hydrogens is 230 g/mol. The SMILES string of the molecule is O=C1Sc2ccccc2N[C@H]1c1ccccc1. The zero-order valence-corrected chi connectivity index (χ0v) is 9.91. The summed E-state index contributed by atoms with van der Waals surface area (Å²) in [5.74, 6) is 0. The Balaban J connectivity index is 1.98. The highest BCUT2D eigenvalue weighted by Gasteiger charge is 2.27. The standard InChI is InChI=1S/C14H11NOS/c16-14-13(10-6-2-1-3-7-10)15-11-8-4-5-9-12(11)17-14/h1-9,13,15H/t13-/m0/s1. The topological polar surface area (TPSA) is 29.1 Å². The molecule has 0 saturated heterocycles. The molecule has 1 aliphatic rings. The predicted molar refractivity (Wildman–Crippen MR) is 70.1 cm³/mol. The van der Waals surface area contributed by atoms with Crippen molar-refractivity contribution in [2.75, 3.05) is 5.32 Å². The number of thioether (sulfide) groups is 1. The number of anilines is 1. The van der Waals surface area contributed by atoms with E-state index < -0.39 is 0 Å². The zero-order valence-electron chi connectivity index (χ0n) is 9.09. The number of benzene rings is 2. The van der Waals surface area contributed by atoms with Gasteiger partial charge in [-0.3, -0.25) is 4.79 Å². The maximum absolute atomic E-state index is 12.1. The maximum Gasteiger partial charge on any atom is 0.220 e. The second-order valence-corrected chi connectivity index (χ2v) is 4.95. The average Bonchev–Trinajstić information content (AvgIpc) is 2.39. The largest absolute Gasteiger partial charge is 0.370 e. The Morgan fingerprint density at radius 2 is 1.65 bits per heavy atom. The van der Waals surface area contributed by atoms with Gasteiger partial charge in [-0.1, -0.05) is 42.5 Å². The Bertz CT molecular complexity index is 553. The molecule has 1 aliphatic heterocycles. The van der Waals surface area contributed by atoms with Crippen molar-refractivity contribution in [1.82, 2.24) is 0 Å². The van der Waals surface area contributed by atoms with Crippen LogP contribution in [0.3, 0.4) is 0 Å². The molecule has 17 heavy (non-hydrogen) atoms. The minimum atomic E-state index is -0.240. The number of carbonyl (C=O) groups is 1. The quantitative estimate of drug-likeness (QED) is 0.828. The molecule has 0 radical (unpaired) electrons. The molecule has 3 heteroatoms. The molecular formula is C14H11NOS. The van der Waals surface area contributed by atoms with Crippen LogP contribution >= 0.6 is 11.8 Å². The van der Waals surface area contributed by atoms with E-state index in [1.54, 1.807) is 0 Å². The van der Waals surface area contributed by atoms with E-state index >= 15 is 0 Å². The number of para-hydroxylation sites is 1. The highest BCUT2D eigenvalue weighted by Crippen LogP contribution is 2.39. The summed E-state index contributed by atoms with van der Waals surface area (Å²) >= 11 is 1.31. The summed E-state index contributed by atoms with van der Waals surface area (Å²) in [5.41, 5.74) is 2.05. The highest BCUT2D eigenvalue weighted by atomic mass is 32.2. The fraction of sp³-hybridized carbons (Fsp3) is 0.0714. The summed E-state index contributed by atoms with van der Waals surface area (Å²) in [7, 11) is 0. The van der Waals surface area contributed by atoms with Crippen LogP contribution in [0.4, 0.5) is 5.69 Å². The minimum Gasteiger partial charge on any atom is -0.370 e. The number of rotatable bonds is 1. The molecule has 1 atom stereocenters. The molecule has 0 bridgehead atoms. The van der Waals surface area contributed by atoms with Crippen molar-refractivity contribution < 1.29 is 4.79 Å². The van der Waals surface area contributed by atoms with Crippen LogP contribution in [0.15, 0.2) is 59.5 Å². The number of carbonyl (C=O) groups excluding carboxylic acids is 1. The second kappa shape index (κ2) is 4.26. The first-order valence-corrected chi connectivity index (χ1v) is 6.28. The van der Waals surface area contributed by atoms with Gasteiger partial charge in [-0.25, -0.2) is 0 Å². The molecule has 1 heterocycles. The third-order valence-electron chi connectivity index (χ3n) is 2.77. The Morgan fingerprint density at radius 3 is 2.47 bits per heavy atom. The van der Waals surface area contributed by atoms with E-state index in [1.807, 2.05) is 54.6 Å². The summed E-state index contributed by atoms with van der Waals surface area (Å²) < 4.78 is 0. The number of fused-ring (bicyclic) bond motifs is 1. The lowest BCUT2D eigenvalue weighted by molar-refractivity contribution is -0.111. The van der Waals surface area contributed by atoms with Crippen LogP contribution in [0.5, 0.6) is 0 Å². The molecule has 0 fully saturated rings. The summed E-state index contributed by atoms with van der Waals surface area (Å²) in [6, 6.07) is 17.5. The van der Waals surface area contributed by atoms with Gasteiger partial charge in [0, 0.05) is 10.6 Å². The van der Waals surface area contributed by atoms with Crippen LogP contribution in [-0.4, -0.2) is 5.12 Å². The van der Waals surface area contributed by atoms with Crippen LogP contribution < -0.4 is 5.32 Å². The summed E-state index contributed by atoms with van der Waals surface area (Å²) in [5, 5.41) is 3.44. The molecule has 84 valence electrons. The summed E-state index contributed by atoms with van der Waals surface area (Å²) in [6.07, 6.45) is 0. The van der Waals surface area contributed by atoms with E-state index in [0.29, 0.717) is 0 Å². The van der Waals surface area contributed by atoms with Crippen molar-refractivity contribution in [3.8, 4) is 0 Å². The van der Waals surface area contributed by atoms with Crippen molar-refractivity contribution in [2.24, 2.45) is 0 Å². The Morgan fingerprint density at radius 1 is 0.941 bits per heavy atom. The molecule has 2 aromatic carbocycles. The van der Waals surface area contributed by atoms with Gasteiger partial charge in [0.15, 0.2) is 0 Å². The first kappa shape index (κ1) is 10.4. The first-order valence-electron chi connectivity index (χ1n) is 5.47. The normalized spacial score (nSPS) is 18.4. The van der Waals surface area contributed by atoms with Crippen LogP contribution in [0.25, 0.3) is 0 Å². The van der Waals surface area contributed by atoms with E-state index in [-0.39, 0.29) is 11.2 Å². The van der Waals surface area contributed by atoms with Gasteiger partial charge in [0.05, 0.1) is 0 Å². The Hall–Kier alpha value is -1.74. The third kappa shape index (κ3) is 1.94. The number of hydrogen-bond donors (Lipinski definition) is 1. The lowest BCUT2D eigenvalue weighted by Crippen LogP contribution is -2.22. The van der Waals surface area contributed by atoms with Crippen molar-refractivity contribution in [3.63, 3.8) is 0 Å². The number of nitrogens with one attached hydrogen (secondary N) is 1. The van der Waals surface area contributed by atoms with E-state index in [2.05, 4.69) is 5.32 Å². The monoisotopic (exact) mass is 241 g/mol. The summed E-state index contributed by atoms with van der Waals surface area (Å²) in [6.45, 7) is 0. The fourth-order valence-electron chi connectivity index (χ4n) is 1.92. The molecule has 0 saturated carbocycles. The maximum atomic E-state index is 12.1. The molecule has 0 spiro atoms. The van der Waals surface area contributed by atoms with Crippen molar-refractivity contribution in [2.45, 2.75) is 10.9 Å². The van der Waals surface area contributed by atoms with E-state index in [0.717, 1.165) is 16.1 Å². The van der Waals surface area contributed by atoms with Gasteiger partial charge in [-0.05, 0) is 29.5 Å². The zero-order chi connectivity index (χ0) is 11.7. The van der Waals surface area contributed by atoms with Gasteiger partial charge in [-0.2, -0.15) is 0 Å². The van der Waals surface area contributed by atoms with E-state index in [9.17, 15) is 4.79 Å². The third-order valence-corrected chi connectivity index (χ3v) is 3.78. The molecule has 0 aromatic heterocycles. The molecule has 1 N–H and O–H groups in total. The lowest BCUT2D eigenvalue weighted by atomic mass is 10.1. The minimum absolute atomic E-state index is 0.148. The predicted octanol–water partition coefficient (Wildman–Crippen LogP) is 3.47. The molecule has 2 aromatic rings. The Labute approximate surface area is 104 Å². The van der Waals surface area contributed by atoms with Crippen LogP contribution in [0, 0.1) is 0 Å². The van der Waals surface area contributed by atoms with Crippen LogP contribution in [0.2, 0.25) is 0 Å². The van der Waals surface area contributed by atoms with E-state index in [1.165, 1.54) is 11.8 Å². The molecule has 3 rings (SSSR count). The van der Waals surface area contributed by atoms with Crippen molar-refractivity contribution >= 4 is 22.6 Å². The Kier molecular flexibility index (Phi) is 2.61. The average molecular weight is 241 g/mol. The highest BCUT2D eigenvalue weighted by molar-refractivity contribution is 8.14. The molecule has 0 unspecified atom stereocenters. The van der Waals surface area contributed by atoms with Gasteiger partial charge in [0.1, 0.15) is 6.04 Å². The summed E-state index contributed by atoms with van der Waals surface area (Å²) in [4.78, 5) is 13.1. The first-order chi connectivity index (χ1) is 8.34. The fourth-order valence-corrected chi connectivity index (χ4v) is 2.83. The lowest BCUT2D eigenvalue weighted by Gasteiger charge is -2.25. The molecule has 0 aliphatic carbocycles. The molecule has 0 amide bonds. The van der Waals surface area contributed by atoms with Gasteiger partial charge in [0.25, 0.3) is 0 Å². The number of hydrogen-bond acceptors (Lipinski definition) is 3. The van der Waals surface area contributed by atoms with Crippen LogP contribution in [-0.2, 0) is 4.79 Å². The second-order valence-electron chi connectivity index (χ2n) is 3.91. The van der Waals surface area contributed by atoms with Crippen LogP contribution in [0.1, 0.15) is 11.6 Å². The van der Waals surface area contributed by atoms with Gasteiger partial charge < -0.3 is 5.32 Å². The van der Waals surface area contributed by atoms with Gasteiger partial charge in [0.2, 0.25) is 5.12 Å².